The van der Waals surface area contributed by atoms with Gasteiger partial charge in [0.05, 0.1) is 5.75 Å². The number of benzene rings is 1. The maximum Gasteiger partial charge on any atom is 0.233 e. The van der Waals surface area contributed by atoms with Crippen LogP contribution in [-0.4, -0.2) is 38.5 Å². The number of thioether (sulfide) groups is 1. The normalized spacial score (nSPS) is 10.7. The molecule has 1 heterocycles. The topological polar surface area (TPSA) is 77.0 Å². The minimum atomic E-state index is 0.0389. The van der Waals surface area contributed by atoms with Crippen LogP contribution in [0, 0.1) is 0 Å². The molecule has 124 valence electrons. The van der Waals surface area contributed by atoms with Crippen molar-refractivity contribution >= 4 is 17.7 Å². The first-order valence-corrected chi connectivity index (χ1v) is 8.70. The molecular weight excluding hydrogens is 310 g/mol. The summed E-state index contributed by atoms with van der Waals surface area (Å²) in [6.07, 6.45) is 2.92. The monoisotopic (exact) mass is 333 g/mol. The molecular formula is C16H23N5OS. The predicted octanol–water partition coefficient (Wildman–Crippen LogP) is 2.09. The Hall–Kier alpha value is -2.02. The van der Waals surface area contributed by atoms with Crippen molar-refractivity contribution in [2.24, 2.45) is 0 Å². The molecule has 0 bridgehead atoms. The molecule has 2 N–H and O–H groups in total. The van der Waals surface area contributed by atoms with Gasteiger partial charge in [0.1, 0.15) is 0 Å². The molecule has 0 radical (unpaired) electrons. The summed E-state index contributed by atoms with van der Waals surface area (Å²) >= 11 is 1.32. The Balaban J connectivity index is 1.85. The molecule has 1 aromatic carbocycles. The molecule has 0 fully saturated rings. The molecule has 0 unspecified atom stereocenters. The molecule has 2 rings (SSSR count). The lowest BCUT2D eigenvalue weighted by Crippen LogP contribution is -2.28. The maximum atomic E-state index is 12.2. The number of rotatable bonds is 8. The highest BCUT2D eigenvalue weighted by Crippen LogP contribution is 2.16. The van der Waals surface area contributed by atoms with Crippen LogP contribution in [0.25, 0.3) is 0 Å². The number of aromatic nitrogens is 3. The first-order chi connectivity index (χ1) is 11.1. The Bertz CT molecular complexity index is 629. The Morgan fingerprint density at radius 1 is 1.30 bits per heavy atom. The third kappa shape index (κ3) is 4.99. The van der Waals surface area contributed by atoms with E-state index in [-0.39, 0.29) is 5.91 Å². The van der Waals surface area contributed by atoms with Gasteiger partial charge in [-0.3, -0.25) is 4.79 Å². The van der Waals surface area contributed by atoms with Crippen molar-refractivity contribution in [1.29, 1.82) is 0 Å². The van der Waals surface area contributed by atoms with Gasteiger partial charge >= 0.3 is 0 Å². The number of hydrogen-bond donors (Lipinski definition) is 1. The van der Waals surface area contributed by atoms with E-state index in [9.17, 15) is 4.79 Å². The van der Waals surface area contributed by atoms with Gasteiger partial charge in [-0.15, -0.1) is 10.2 Å². The highest BCUT2D eigenvalue weighted by Gasteiger charge is 2.14. The fraction of sp³-hybridized carbons (Fsp3) is 0.438. The summed E-state index contributed by atoms with van der Waals surface area (Å²) in [7, 11) is 1.80. The van der Waals surface area contributed by atoms with Gasteiger partial charge in [0.25, 0.3) is 0 Å². The van der Waals surface area contributed by atoms with E-state index in [1.165, 1.54) is 16.4 Å². The second-order valence-electron chi connectivity index (χ2n) is 5.40. The van der Waals surface area contributed by atoms with Crippen LogP contribution >= 0.6 is 11.8 Å². The molecule has 0 aliphatic heterocycles. The molecule has 0 saturated heterocycles. The average molecular weight is 333 g/mol. The summed E-state index contributed by atoms with van der Waals surface area (Å²) in [6.45, 7) is 2.71. The first kappa shape index (κ1) is 17.3. The minimum absolute atomic E-state index is 0.0389. The number of unbranched alkanes of at least 4 members (excludes halogenated alkanes) is 1. The largest absolute Gasteiger partial charge is 0.341 e. The first-order valence-electron chi connectivity index (χ1n) is 7.72. The average Bonchev–Trinajstić information content (AvgIpc) is 2.91. The van der Waals surface area contributed by atoms with Crippen molar-refractivity contribution in [2.45, 2.75) is 37.9 Å². The minimum Gasteiger partial charge on any atom is -0.341 e. The third-order valence-corrected chi connectivity index (χ3v) is 4.43. The molecule has 0 atom stereocenters. The fourth-order valence-corrected chi connectivity index (χ4v) is 2.91. The van der Waals surface area contributed by atoms with Crippen molar-refractivity contribution in [1.82, 2.24) is 19.8 Å². The number of nitrogen functional groups attached to an aromatic ring is 1. The lowest BCUT2D eigenvalue weighted by atomic mass is 10.2. The van der Waals surface area contributed by atoms with Crippen LogP contribution in [-0.2, 0) is 17.8 Å². The second kappa shape index (κ2) is 8.57. The van der Waals surface area contributed by atoms with Gasteiger partial charge in [-0.25, -0.2) is 4.68 Å². The molecule has 0 aliphatic carbocycles. The van der Waals surface area contributed by atoms with E-state index in [1.807, 2.05) is 30.3 Å². The Morgan fingerprint density at radius 2 is 2.04 bits per heavy atom. The SMILES string of the molecule is CCCCc1nnc(SCC(=O)N(C)Cc2ccccc2)n1N. The van der Waals surface area contributed by atoms with Crippen molar-refractivity contribution in [3.8, 4) is 0 Å². The van der Waals surface area contributed by atoms with Crippen LogP contribution in [0.4, 0.5) is 0 Å². The van der Waals surface area contributed by atoms with E-state index in [0.29, 0.717) is 17.5 Å². The van der Waals surface area contributed by atoms with Crippen molar-refractivity contribution < 1.29 is 4.79 Å². The number of aryl methyl sites for hydroxylation is 1. The van der Waals surface area contributed by atoms with Gasteiger partial charge in [-0.05, 0) is 12.0 Å². The predicted molar refractivity (Wildman–Crippen MR) is 92.4 cm³/mol. The van der Waals surface area contributed by atoms with E-state index in [4.69, 9.17) is 5.84 Å². The molecule has 2 aromatic rings. The van der Waals surface area contributed by atoms with Gasteiger partial charge < -0.3 is 10.7 Å². The third-order valence-electron chi connectivity index (χ3n) is 3.50. The number of nitrogens with two attached hydrogens (primary N) is 1. The van der Waals surface area contributed by atoms with Gasteiger partial charge in [0, 0.05) is 20.0 Å². The summed E-state index contributed by atoms with van der Waals surface area (Å²) in [5.74, 6) is 7.08. The zero-order chi connectivity index (χ0) is 16.7. The molecule has 23 heavy (non-hydrogen) atoms. The second-order valence-corrected chi connectivity index (χ2v) is 6.34. The number of nitrogens with zero attached hydrogens (tertiary/aromatic N) is 4. The van der Waals surface area contributed by atoms with Crippen LogP contribution in [0.5, 0.6) is 0 Å². The summed E-state index contributed by atoms with van der Waals surface area (Å²) in [6, 6.07) is 9.92. The van der Waals surface area contributed by atoms with Gasteiger partial charge in [0.2, 0.25) is 11.1 Å². The summed E-state index contributed by atoms with van der Waals surface area (Å²) in [5, 5.41) is 8.73. The van der Waals surface area contributed by atoms with E-state index >= 15 is 0 Å². The Kier molecular flexibility index (Phi) is 6.46. The molecule has 6 nitrogen and oxygen atoms in total. The standard InChI is InChI=1S/C16H23N5OS/c1-3-4-10-14-18-19-16(21(14)17)23-12-15(22)20(2)11-13-8-6-5-7-9-13/h5-9H,3-4,10-12,17H2,1-2H3. The highest BCUT2D eigenvalue weighted by atomic mass is 32.2. The van der Waals surface area contributed by atoms with Crippen molar-refractivity contribution in [2.75, 3.05) is 18.6 Å². The van der Waals surface area contributed by atoms with Crippen LogP contribution in [0.2, 0.25) is 0 Å². The van der Waals surface area contributed by atoms with Crippen LogP contribution in [0.1, 0.15) is 31.2 Å². The van der Waals surface area contributed by atoms with Gasteiger partial charge in [0.15, 0.2) is 5.82 Å². The highest BCUT2D eigenvalue weighted by molar-refractivity contribution is 7.99. The number of carbonyl (C=O) groups is 1. The lowest BCUT2D eigenvalue weighted by Gasteiger charge is -2.16. The zero-order valence-corrected chi connectivity index (χ0v) is 14.4. The van der Waals surface area contributed by atoms with E-state index in [0.717, 1.165) is 30.7 Å². The van der Waals surface area contributed by atoms with Crippen LogP contribution in [0.3, 0.4) is 0 Å². The van der Waals surface area contributed by atoms with Crippen LogP contribution < -0.4 is 5.84 Å². The lowest BCUT2D eigenvalue weighted by molar-refractivity contribution is -0.127. The van der Waals surface area contributed by atoms with E-state index < -0.39 is 0 Å². The van der Waals surface area contributed by atoms with Gasteiger partial charge in [-0.2, -0.15) is 0 Å². The quantitative estimate of drug-likeness (QED) is 0.591. The van der Waals surface area contributed by atoms with Crippen molar-refractivity contribution in [3.05, 3.63) is 41.7 Å². The number of amides is 1. The molecule has 0 aliphatic rings. The maximum absolute atomic E-state index is 12.2. The smallest absolute Gasteiger partial charge is 0.233 e. The molecule has 0 spiro atoms. The zero-order valence-electron chi connectivity index (χ0n) is 13.6. The Morgan fingerprint density at radius 3 is 2.74 bits per heavy atom. The van der Waals surface area contributed by atoms with E-state index in [1.54, 1.807) is 11.9 Å². The van der Waals surface area contributed by atoms with Crippen LogP contribution in [0.15, 0.2) is 35.5 Å². The Labute approximate surface area is 141 Å². The number of carbonyl (C=O) groups excluding carboxylic acids is 1. The van der Waals surface area contributed by atoms with E-state index in [2.05, 4.69) is 17.1 Å². The molecule has 1 aromatic heterocycles. The summed E-state index contributed by atoms with van der Waals surface area (Å²) in [4.78, 5) is 13.9. The molecule has 7 heteroatoms. The number of hydrogen-bond acceptors (Lipinski definition) is 5. The van der Waals surface area contributed by atoms with Crippen molar-refractivity contribution in [3.63, 3.8) is 0 Å². The summed E-state index contributed by atoms with van der Waals surface area (Å²) < 4.78 is 1.49. The fourth-order valence-electron chi connectivity index (χ4n) is 2.09. The molecule has 0 saturated carbocycles. The summed E-state index contributed by atoms with van der Waals surface area (Å²) in [5.41, 5.74) is 1.11. The van der Waals surface area contributed by atoms with Gasteiger partial charge in [-0.1, -0.05) is 55.4 Å². The molecule has 1 amide bonds.